The van der Waals surface area contributed by atoms with Crippen LogP contribution >= 0.6 is 15.9 Å². The maximum absolute atomic E-state index is 11.8. The van der Waals surface area contributed by atoms with Crippen LogP contribution in [0.1, 0.15) is 23.7 Å². The molecule has 1 rings (SSSR count). The third-order valence-electron chi connectivity index (χ3n) is 2.28. The number of amides is 1. The first kappa shape index (κ1) is 13.5. The molecule has 1 atom stereocenters. The quantitative estimate of drug-likeness (QED) is 0.928. The summed E-state index contributed by atoms with van der Waals surface area (Å²) in [6.07, 6.45) is 0.583. The van der Waals surface area contributed by atoms with Crippen molar-refractivity contribution >= 4 is 21.8 Å². The number of nitrogens with one attached hydrogen (secondary N) is 1. The summed E-state index contributed by atoms with van der Waals surface area (Å²) >= 11 is 3.31. The fraction of sp³-hybridized carbons (Fsp3) is 0.333. The average Bonchev–Trinajstić information content (AvgIpc) is 2.35. The van der Waals surface area contributed by atoms with Gasteiger partial charge in [0.1, 0.15) is 11.8 Å². The molecule has 1 unspecified atom stereocenters. The Morgan fingerprint density at radius 2 is 2.35 bits per heavy atom. The molecule has 0 fully saturated rings. The lowest BCUT2D eigenvalue weighted by Crippen LogP contribution is -2.33. The smallest absolute Gasteiger partial charge is 0.252 e. The van der Waals surface area contributed by atoms with E-state index >= 15 is 0 Å². The van der Waals surface area contributed by atoms with Crippen molar-refractivity contribution in [3.05, 3.63) is 28.2 Å². The maximum Gasteiger partial charge on any atom is 0.252 e. The summed E-state index contributed by atoms with van der Waals surface area (Å²) in [6, 6.07) is 6.59. The average molecular weight is 297 g/mol. The van der Waals surface area contributed by atoms with Crippen LogP contribution in [0.15, 0.2) is 22.7 Å². The van der Waals surface area contributed by atoms with E-state index in [-0.39, 0.29) is 5.91 Å². The van der Waals surface area contributed by atoms with Gasteiger partial charge in [-0.1, -0.05) is 6.92 Å². The van der Waals surface area contributed by atoms with Gasteiger partial charge in [-0.3, -0.25) is 4.79 Å². The lowest BCUT2D eigenvalue weighted by Gasteiger charge is -2.10. The van der Waals surface area contributed by atoms with Crippen molar-refractivity contribution in [1.29, 1.82) is 5.26 Å². The molecule has 17 heavy (non-hydrogen) atoms. The topological polar surface area (TPSA) is 62.1 Å². The summed E-state index contributed by atoms with van der Waals surface area (Å²) in [6.45, 7) is 1.85. The fourth-order valence-electron chi connectivity index (χ4n) is 1.27. The number of benzene rings is 1. The molecule has 0 bridgehead atoms. The zero-order valence-electron chi connectivity index (χ0n) is 9.66. The molecule has 90 valence electrons. The van der Waals surface area contributed by atoms with Crippen LogP contribution in [-0.4, -0.2) is 19.1 Å². The molecular weight excluding hydrogens is 284 g/mol. The summed E-state index contributed by atoms with van der Waals surface area (Å²) in [5.41, 5.74) is 0.492. The molecule has 1 aromatic carbocycles. The van der Waals surface area contributed by atoms with Gasteiger partial charge in [0.25, 0.3) is 5.91 Å². The zero-order chi connectivity index (χ0) is 12.8. The van der Waals surface area contributed by atoms with Gasteiger partial charge in [-0.05, 0) is 40.5 Å². The summed E-state index contributed by atoms with van der Waals surface area (Å²) < 4.78 is 5.78. The van der Waals surface area contributed by atoms with E-state index in [1.54, 1.807) is 25.3 Å². The molecule has 0 radical (unpaired) electrons. The van der Waals surface area contributed by atoms with Crippen molar-refractivity contribution in [3.63, 3.8) is 0 Å². The molecule has 1 aromatic rings. The number of halogens is 1. The minimum absolute atomic E-state index is 0.262. The number of ether oxygens (including phenoxy) is 1. The fourth-order valence-corrected chi connectivity index (χ4v) is 1.82. The number of rotatable bonds is 4. The normalized spacial score (nSPS) is 11.4. The summed E-state index contributed by atoms with van der Waals surface area (Å²) in [4.78, 5) is 11.8. The monoisotopic (exact) mass is 296 g/mol. The highest BCUT2D eigenvalue weighted by atomic mass is 79.9. The van der Waals surface area contributed by atoms with E-state index in [9.17, 15) is 4.79 Å². The Kier molecular flexibility index (Phi) is 4.98. The largest absolute Gasteiger partial charge is 0.496 e. The van der Waals surface area contributed by atoms with Gasteiger partial charge in [0.2, 0.25) is 0 Å². The molecule has 0 aliphatic rings. The minimum atomic E-state index is -0.455. The van der Waals surface area contributed by atoms with Crippen molar-refractivity contribution in [2.45, 2.75) is 19.4 Å². The molecule has 1 amide bonds. The molecular formula is C12H13BrN2O2. The van der Waals surface area contributed by atoms with Crippen LogP contribution in [0, 0.1) is 11.3 Å². The Morgan fingerprint density at radius 3 is 2.82 bits per heavy atom. The number of hydrogen-bond acceptors (Lipinski definition) is 3. The number of hydrogen-bond donors (Lipinski definition) is 1. The van der Waals surface area contributed by atoms with Gasteiger partial charge >= 0.3 is 0 Å². The summed E-state index contributed by atoms with van der Waals surface area (Å²) in [5.74, 6) is 0.399. The minimum Gasteiger partial charge on any atom is -0.496 e. The molecule has 5 heteroatoms. The lowest BCUT2D eigenvalue weighted by atomic mass is 10.2. The first-order valence-electron chi connectivity index (χ1n) is 5.16. The number of nitriles is 1. The number of carbonyl (C=O) groups excluding carboxylic acids is 1. The summed E-state index contributed by atoms with van der Waals surface area (Å²) in [5, 5.41) is 11.4. The Morgan fingerprint density at radius 1 is 1.65 bits per heavy atom. The number of methoxy groups -OCH3 is 1. The van der Waals surface area contributed by atoms with E-state index in [0.717, 1.165) is 0 Å². The molecule has 0 aromatic heterocycles. The lowest BCUT2D eigenvalue weighted by molar-refractivity contribution is 0.0944. The van der Waals surface area contributed by atoms with Crippen LogP contribution in [0.25, 0.3) is 0 Å². The molecule has 0 saturated carbocycles. The highest BCUT2D eigenvalue weighted by Gasteiger charge is 2.12. The second-order valence-electron chi connectivity index (χ2n) is 3.41. The Balaban J connectivity index is 2.83. The molecule has 1 N–H and O–H groups in total. The van der Waals surface area contributed by atoms with Crippen molar-refractivity contribution in [2.24, 2.45) is 0 Å². The third-order valence-corrected chi connectivity index (χ3v) is 2.90. The maximum atomic E-state index is 11.8. The first-order chi connectivity index (χ1) is 8.12. The predicted octanol–water partition coefficient (Wildman–Crippen LogP) is 2.49. The Hall–Kier alpha value is -1.54. The van der Waals surface area contributed by atoms with Crippen LogP contribution in [0.3, 0.4) is 0 Å². The van der Waals surface area contributed by atoms with Gasteiger partial charge in [0.15, 0.2) is 0 Å². The van der Waals surface area contributed by atoms with Gasteiger partial charge in [0.05, 0.1) is 17.7 Å². The molecule has 4 nitrogen and oxygen atoms in total. The molecule has 0 aliphatic heterocycles. The van der Waals surface area contributed by atoms with Crippen LogP contribution in [-0.2, 0) is 0 Å². The number of carbonyl (C=O) groups is 1. The highest BCUT2D eigenvalue weighted by molar-refractivity contribution is 9.10. The van der Waals surface area contributed by atoms with E-state index < -0.39 is 6.04 Å². The standard InChI is InChI=1S/C12H13BrN2O2/c1-3-9(7-14)15-12(16)8-4-5-11(17-2)10(13)6-8/h4-6,9H,3H2,1-2H3,(H,15,16). The van der Waals surface area contributed by atoms with Crippen molar-refractivity contribution in [2.75, 3.05) is 7.11 Å². The molecule has 0 saturated heterocycles. The number of nitrogens with zero attached hydrogens (tertiary/aromatic N) is 1. The first-order valence-corrected chi connectivity index (χ1v) is 5.95. The SMILES string of the molecule is CCC(C#N)NC(=O)c1ccc(OC)c(Br)c1. The van der Waals surface area contributed by atoms with Gasteiger partial charge < -0.3 is 10.1 Å². The Bertz CT molecular complexity index is 454. The molecule has 0 heterocycles. The summed E-state index contributed by atoms with van der Waals surface area (Å²) in [7, 11) is 1.56. The molecule has 0 aliphatic carbocycles. The highest BCUT2D eigenvalue weighted by Crippen LogP contribution is 2.25. The Labute approximate surface area is 109 Å². The van der Waals surface area contributed by atoms with Crippen LogP contribution in [0.2, 0.25) is 0 Å². The van der Waals surface area contributed by atoms with Gasteiger partial charge in [-0.25, -0.2) is 0 Å². The second kappa shape index (κ2) is 6.26. The van der Waals surface area contributed by atoms with Crippen LogP contribution < -0.4 is 10.1 Å². The van der Waals surface area contributed by atoms with Gasteiger partial charge in [0, 0.05) is 5.56 Å². The zero-order valence-corrected chi connectivity index (χ0v) is 11.2. The predicted molar refractivity (Wildman–Crippen MR) is 67.9 cm³/mol. The van der Waals surface area contributed by atoms with E-state index in [1.807, 2.05) is 13.0 Å². The van der Waals surface area contributed by atoms with Gasteiger partial charge in [-0.15, -0.1) is 0 Å². The van der Waals surface area contributed by atoms with E-state index in [2.05, 4.69) is 21.2 Å². The van der Waals surface area contributed by atoms with Crippen LogP contribution in [0.4, 0.5) is 0 Å². The van der Waals surface area contributed by atoms with Crippen molar-refractivity contribution < 1.29 is 9.53 Å². The van der Waals surface area contributed by atoms with Crippen LogP contribution in [0.5, 0.6) is 5.75 Å². The third kappa shape index (κ3) is 3.46. The second-order valence-corrected chi connectivity index (χ2v) is 4.27. The van der Waals surface area contributed by atoms with E-state index in [1.165, 1.54) is 0 Å². The van der Waals surface area contributed by atoms with Crippen molar-refractivity contribution in [1.82, 2.24) is 5.32 Å². The van der Waals surface area contributed by atoms with E-state index in [0.29, 0.717) is 22.2 Å². The molecule has 0 spiro atoms. The van der Waals surface area contributed by atoms with Crippen molar-refractivity contribution in [3.8, 4) is 11.8 Å². The van der Waals surface area contributed by atoms with Gasteiger partial charge in [-0.2, -0.15) is 5.26 Å². The van der Waals surface area contributed by atoms with E-state index in [4.69, 9.17) is 10.00 Å².